The number of aromatic nitrogens is 1. The first kappa shape index (κ1) is 20.1. The summed E-state index contributed by atoms with van der Waals surface area (Å²) >= 11 is 8.57. The zero-order valence-electron chi connectivity index (χ0n) is 15.2. The highest BCUT2D eigenvalue weighted by molar-refractivity contribution is 7.24. The smallest absolute Gasteiger partial charge is 0.281 e. The number of hydrazine groups is 1. The molecule has 2 amide bonds. The van der Waals surface area contributed by atoms with Gasteiger partial charge in [-0.1, -0.05) is 11.6 Å². The van der Waals surface area contributed by atoms with Gasteiger partial charge in [0.25, 0.3) is 11.8 Å². The molecule has 0 saturated heterocycles. The summed E-state index contributed by atoms with van der Waals surface area (Å²) in [5.74, 6) is -0.0110. The number of thiazole rings is 1. The van der Waals surface area contributed by atoms with Crippen molar-refractivity contribution in [3.05, 3.63) is 50.8 Å². The van der Waals surface area contributed by atoms with Gasteiger partial charge in [0.15, 0.2) is 11.5 Å². The van der Waals surface area contributed by atoms with Crippen molar-refractivity contribution < 1.29 is 19.1 Å². The standard InChI is InChI=1S/C18H16ClN3O4S2/c1-9-15(28-18(20-9)13-6-7-14(19)27-13)17(24)22-21-16(23)10-4-5-11(25-2)12(8-10)26-3/h4-8H,1-3H3,(H,21,23)(H,22,24). The van der Waals surface area contributed by atoms with Crippen LogP contribution >= 0.6 is 34.3 Å². The first-order valence-electron chi connectivity index (χ1n) is 7.98. The summed E-state index contributed by atoms with van der Waals surface area (Å²) < 4.78 is 11.0. The van der Waals surface area contributed by atoms with Crippen LogP contribution in [0.4, 0.5) is 0 Å². The van der Waals surface area contributed by atoms with E-state index in [1.807, 2.05) is 6.07 Å². The van der Waals surface area contributed by atoms with Gasteiger partial charge in [0.05, 0.1) is 29.1 Å². The summed E-state index contributed by atoms with van der Waals surface area (Å²) in [6.07, 6.45) is 0. The summed E-state index contributed by atoms with van der Waals surface area (Å²) in [5.41, 5.74) is 5.69. The molecule has 0 bridgehead atoms. The lowest BCUT2D eigenvalue weighted by atomic mass is 10.2. The van der Waals surface area contributed by atoms with Crippen LogP contribution in [-0.4, -0.2) is 31.0 Å². The van der Waals surface area contributed by atoms with E-state index in [9.17, 15) is 9.59 Å². The van der Waals surface area contributed by atoms with Crippen LogP contribution in [0.15, 0.2) is 30.3 Å². The van der Waals surface area contributed by atoms with Crippen LogP contribution in [0, 0.1) is 6.92 Å². The third-order valence-corrected chi connectivity index (χ3v) is 6.28. The lowest BCUT2D eigenvalue weighted by Gasteiger charge is -2.10. The molecular weight excluding hydrogens is 422 g/mol. The number of carbonyl (C=O) groups excluding carboxylic acids is 2. The van der Waals surface area contributed by atoms with Gasteiger partial charge in [-0.2, -0.15) is 0 Å². The number of benzene rings is 1. The van der Waals surface area contributed by atoms with Gasteiger partial charge in [-0.15, -0.1) is 22.7 Å². The number of nitrogens with one attached hydrogen (secondary N) is 2. The summed E-state index contributed by atoms with van der Waals surface area (Å²) in [6.45, 7) is 1.74. The summed E-state index contributed by atoms with van der Waals surface area (Å²) in [5, 5.41) is 0.700. The van der Waals surface area contributed by atoms with Crippen molar-refractivity contribution in [1.29, 1.82) is 0 Å². The Hall–Kier alpha value is -2.62. The lowest BCUT2D eigenvalue weighted by molar-refractivity contribution is 0.0848. The topological polar surface area (TPSA) is 89.6 Å². The molecule has 3 rings (SSSR count). The summed E-state index contributed by atoms with van der Waals surface area (Å²) in [6, 6.07) is 8.34. The average Bonchev–Trinajstić information content (AvgIpc) is 3.30. The number of hydrogen-bond donors (Lipinski definition) is 2. The number of aryl methyl sites for hydroxylation is 1. The van der Waals surface area contributed by atoms with Gasteiger partial charge in [0, 0.05) is 5.56 Å². The van der Waals surface area contributed by atoms with Crippen molar-refractivity contribution in [1.82, 2.24) is 15.8 Å². The van der Waals surface area contributed by atoms with Crippen molar-refractivity contribution in [2.75, 3.05) is 14.2 Å². The highest BCUT2D eigenvalue weighted by atomic mass is 35.5. The fourth-order valence-electron chi connectivity index (χ4n) is 2.36. The van der Waals surface area contributed by atoms with E-state index in [0.29, 0.717) is 37.0 Å². The monoisotopic (exact) mass is 437 g/mol. The molecule has 146 valence electrons. The molecule has 2 heterocycles. The van der Waals surface area contributed by atoms with Gasteiger partial charge in [0.1, 0.15) is 9.88 Å². The number of carbonyl (C=O) groups is 2. The Morgan fingerprint density at radius 2 is 1.71 bits per heavy atom. The molecule has 0 aliphatic carbocycles. The zero-order chi connectivity index (χ0) is 20.3. The fraction of sp³-hybridized carbons (Fsp3) is 0.167. The van der Waals surface area contributed by atoms with Crippen LogP contribution in [0.1, 0.15) is 25.7 Å². The average molecular weight is 438 g/mol. The second-order valence-corrected chi connectivity index (χ2v) is 8.23. The van der Waals surface area contributed by atoms with Crippen molar-refractivity contribution in [3.8, 4) is 21.4 Å². The van der Waals surface area contributed by atoms with E-state index >= 15 is 0 Å². The van der Waals surface area contributed by atoms with Crippen molar-refractivity contribution in [3.63, 3.8) is 0 Å². The Bertz CT molecular complexity index is 1030. The first-order chi connectivity index (χ1) is 13.4. The quantitative estimate of drug-likeness (QED) is 0.590. The Kier molecular flexibility index (Phi) is 6.18. The zero-order valence-corrected chi connectivity index (χ0v) is 17.6. The summed E-state index contributed by atoms with van der Waals surface area (Å²) in [7, 11) is 2.99. The van der Waals surface area contributed by atoms with E-state index in [1.165, 1.54) is 43.0 Å². The maximum Gasteiger partial charge on any atom is 0.281 e. The number of thiophene rings is 1. The van der Waals surface area contributed by atoms with Gasteiger partial charge in [-0.05, 0) is 37.3 Å². The molecule has 2 N–H and O–H groups in total. The number of nitrogens with zero attached hydrogens (tertiary/aromatic N) is 1. The minimum atomic E-state index is -0.485. The first-order valence-corrected chi connectivity index (χ1v) is 10.00. The van der Waals surface area contributed by atoms with Crippen molar-refractivity contribution in [2.24, 2.45) is 0 Å². The van der Waals surface area contributed by atoms with Gasteiger partial charge >= 0.3 is 0 Å². The van der Waals surface area contributed by atoms with Gasteiger partial charge in [-0.3, -0.25) is 20.4 Å². The van der Waals surface area contributed by atoms with E-state index < -0.39 is 11.8 Å². The Morgan fingerprint density at radius 1 is 1.00 bits per heavy atom. The van der Waals surface area contributed by atoms with Crippen LogP contribution in [0.5, 0.6) is 11.5 Å². The maximum absolute atomic E-state index is 12.5. The molecule has 28 heavy (non-hydrogen) atoms. The SMILES string of the molecule is COc1ccc(C(=O)NNC(=O)c2sc(-c3ccc(Cl)s3)nc2C)cc1OC. The second kappa shape index (κ2) is 8.59. The van der Waals surface area contributed by atoms with Crippen LogP contribution in [0.2, 0.25) is 4.34 Å². The molecule has 10 heteroatoms. The van der Waals surface area contributed by atoms with E-state index in [4.69, 9.17) is 21.1 Å². The Labute approximate surface area is 174 Å². The molecule has 3 aromatic rings. The van der Waals surface area contributed by atoms with E-state index in [-0.39, 0.29) is 0 Å². The van der Waals surface area contributed by atoms with Gasteiger partial charge in [-0.25, -0.2) is 4.98 Å². The third kappa shape index (κ3) is 4.27. The van der Waals surface area contributed by atoms with Gasteiger partial charge in [0.2, 0.25) is 0 Å². The molecule has 0 aliphatic rings. The minimum Gasteiger partial charge on any atom is -0.493 e. The molecule has 0 radical (unpaired) electrons. The van der Waals surface area contributed by atoms with Crippen LogP contribution in [0.3, 0.4) is 0 Å². The Morgan fingerprint density at radius 3 is 2.36 bits per heavy atom. The lowest BCUT2D eigenvalue weighted by Crippen LogP contribution is -2.41. The number of halogens is 1. The van der Waals surface area contributed by atoms with E-state index in [1.54, 1.807) is 25.1 Å². The summed E-state index contributed by atoms with van der Waals surface area (Å²) in [4.78, 5) is 30.5. The van der Waals surface area contributed by atoms with E-state index in [0.717, 1.165) is 4.88 Å². The highest BCUT2D eigenvalue weighted by Crippen LogP contribution is 2.34. The molecule has 0 spiro atoms. The highest BCUT2D eigenvalue weighted by Gasteiger charge is 2.18. The predicted molar refractivity (Wildman–Crippen MR) is 110 cm³/mol. The van der Waals surface area contributed by atoms with Crippen molar-refractivity contribution in [2.45, 2.75) is 6.92 Å². The molecule has 2 aromatic heterocycles. The Balaban J connectivity index is 1.69. The number of rotatable bonds is 5. The fourth-order valence-corrected chi connectivity index (χ4v) is 4.42. The third-order valence-electron chi connectivity index (χ3n) is 3.72. The number of methoxy groups -OCH3 is 2. The molecule has 0 aliphatic heterocycles. The molecule has 0 unspecified atom stereocenters. The largest absolute Gasteiger partial charge is 0.493 e. The van der Waals surface area contributed by atoms with Crippen LogP contribution in [0.25, 0.3) is 9.88 Å². The van der Waals surface area contributed by atoms with Crippen LogP contribution in [-0.2, 0) is 0 Å². The molecular formula is C18H16ClN3O4S2. The normalized spacial score (nSPS) is 10.4. The van der Waals surface area contributed by atoms with Crippen molar-refractivity contribution >= 4 is 46.1 Å². The molecule has 0 atom stereocenters. The van der Waals surface area contributed by atoms with Crippen LogP contribution < -0.4 is 20.3 Å². The number of ether oxygens (including phenoxy) is 2. The second-order valence-electron chi connectivity index (χ2n) is 5.52. The predicted octanol–water partition coefficient (Wildman–Crippen LogP) is 3.93. The van der Waals surface area contributed by atoms with Gasteiger partial charge < -0.3 is 9.47 Å². The maximum atomic E-state index is 12.5. The number of amides is 2. The molecule has 0 fully saturated rings. The molecule has 7 nitrogen and oxygen atoms in total. The minimum absolute atomic E-state index is 0.313. The molecule has 0 saturated carbocycles. The molecule has 1 aromatic carbocycles. The number of hydrogen-bond acceptors (Lipinski definition) is 7. The van der Waals surface area contributed by atoms with E-state index in [2.05, 4.69) is 15.8 Å².